The van der Waals surface area contributed by atoms with Gasteiger partial charge in [-0.1, -0.05) is 23.7 Å². The van der Waals surface area contributed by atoms with Crippen molar-refractivity contribution in [1.29, 1.82) is 0 Å². The average Bonchev–Trinajstić information content (AvgIpc) is 2.76. The first-order chi connectivity index (χ1) is 10.5. The Morgan fingerprint density at radius 3 is 2.64 bits per heavy atom. The fourth-order valence-corrected chi connectivity index (χ4v) is 2.25. The van der Waals surface area contributed by atoms with Gasteiger partial charge < -0.3 is 15.0 Å². The molecule has 1 aromatic carbocycles. The zero-order valence-electron chi connectivity index (χ0n) is 12.2. The van der Waals surface area contributed by atoms with Gasteiger partial charge in [0.05, 0.1) is 13.2 Å². The van der Waals surface area contributed by atoms with Crippen molar-refractivity contribution < 1.29 is 19.1 Å². The predicted molar refractivity (Wildman–Crippen MR) is 80.3 cm³/mol. The van der Waals surface area contributed by atoms with Gasteiger partial charge in [-0.15, -0.1) is 0 Å². The summed E-state index contributed by atoms with van der Waals surface area (Å²) in [6.45, 7) is 1.15. The molecule has 1 aromatic rings. The van der Waals surface area contributed by atoms with Gasteiger partial charge in [0.1, 0.15) is 5.92 Å². The van der Waals surface area contributed by atoms with Gasteiger partial charge in [0, 0.05) is 25.2 Å². The Kier molecular flexibility index (Phi) is 5.51. The summed E-state index contributed by atoms with van der Waals surface area (Å²) in [5.74, 6) is -2.60. The van der Waals surface area contributed by atoms with E-state index >= 15 is 0 Å². The molecule has 2 rings (SSSR count). The zero-order valence-corrected chi connectivity index (χ0v) is 12.9. The van der Waals surface area contributed by atoms with E-state index in [-0.39, 0.29) is 13.1 Å². The molecule has 1 aliphatic heterocycles. The van der Waals surface area contributed by atoms with Crippen LogP contribution in [0.15, 0.2) is 24.3 Å². The van der Waals surface area contributed by atoms with Crippen LogP contribution in [0, 0.1) is 5.92 Å². The van der Waals surface area contributed by atoms with E-state index in [1.807, 2.05) is 12.1 Å². The van der Waals surface area contributed by atoms with Crippen LogP contribution in [-0.2, 0) is 25.7 Å². The largest absolute Gasteiger partial charge is 0.375 e. The van der Waals surface area contributed by atoms with Crippen molar-refractivity contribution in [3.8, 4) is 0 Å². The minimum Gasteiger partial charge on any atom is -0.375 e. The molecule has 0 aromatic heterocycles. The van der Waals surface area contributed by atoms with Crippen molar-refractivity contribution in [2.45, 2.75) is 6.61 Å². The Morgan fingerprint density at radius 1 is 1.36 bits per heavy atom. The van der Waals surface area contributed by atoms with Gasteiger partial charge in [0.25, 0.3) is 5.91 Å². The number of likely N-dealkylation sites (tertiary alicyclic amines) is 1. The molecular formula is C15H17ClN2O4. The summed E-state index contributed by atoms with van der Waals surface area (Å²) in [5, 5.41) is 3.27. The standard InChI is InChI=1S/C15H17ClN2O4/c1-18-8-12(13(19)15(18)21)14(20)17-6-7-22-9-10-2-4-11(16)5-3-10/h2-5,12H,6-9H2,1H3,(H,17,20). The molecule has 1 atom stereocenters. The second-order valence-electron chi connectivity index (χ2n) is 5.07. The Hall–Kier alpha value is -1.92. The maximum atomic E-state index is 11.8. The van der Waals surface area contributed by atoms with Crippen molar-refractivity contribution in [3.05, 3.63) is 34.9 Å². The summed E-state index contributed by atoms with van der Waals surface area (Å²) in [5.41, 5.74) is 0.980. The molecule has 1 aliphatic rings. The van der Waals surface area contributed by atoms with Crippen LogP contribution in [0.1, 0.15) is 5.56 Å². The van der Waals surface area contributed by atoms with Crippen molar-refractivity contribution in [2.75, 3.05) is 26.7 Å². The van der Waals surface area contributed by atoms with Gasteiger partial charge in [-0.05, 0) is 17.7 Å². The van der Waals surface area contributed by atoms with Crippen molar-refractivity contribution in [2.24, 2.45) is 5.92 Å². The first kappa shape index (κ1) is 16.5. The maximum Gasteiger partial charge on any atom is 0.290 e. The Balaban J connectivity index is 1.66. The molecule has 0 bridgehead atoms. The summed E-state index contributed by atoms with van der Waals surface area (Å²) < 4.78 is 5.42. The molecule has 6 nitrogen and oxygen atoms in total. The highest BCUT2D eigenvalue weighted by molar-refractivity contribution is 6.42. The lowest BCUT2D eigenvalue weighted by Gasteiger charge is -2.10. The number of rotatable bonds is 6. The Labute approximate surface area is 133 Å². The molecule has 0 spiro atoms. The summed E-state index contributed by atoms with van der Waals surface area (Å²) >= 11 is 5.78. The molecule has 1 N–H and O–H groups in total. The molecule has 2 amide bonds. The number of nitrogens with one attached hydrogen (secondary N) is 1. The number of hydrogen-bond donors (Lipinski definition) is 1. The highest BCUT2D eigenvalue weighted by atomic mass is 35.5. The smallest absolute Gasteiger partial charge is 0.290 e. The molecule has 1 heterocycles. The predicted octanol–water partition coefficient (Wildman–Crippen LogP) is 0.630. The first-order valence-corrected chi connectivity index (χ1v) is 7.26. The molecule has 1 fully saturated rings. The van der Waals surface area contributed by atoms with Crippen LogP contribution in [0.25, 0.3) is 0 Å². The van der Waals surface area contributed by atoms with Gasteiger partial charge >= 0.3 is 0 Å². The van der Waals surface area contributed by atoms with E-state index in [0.29, 0.717) is 18.2 Å². The number of hydrogen-bond acceptors (Lipinski definition) is 4. The van der Waals surface area contributed by atoms with Crippen LogP contribution in [0.4, 0.5) is 0 Å². The maximum absolute atomic E-state index is 11.8. The molecule has 1 saturated heterocycles. The van der Waals surface area contributed by atoms with E-state index in [1.165, 1.54) is 11.9 Å². The Morgan fingerprint density at radius 2 is 2.05 bits per heavy atom. The molecule has 7 heteroatoms. The number of Topliss-reactive ketones (excluding diaryl/α,β-unsaturated/α-hetero) is 1. The van der Waals surface area contributed by atoms with Gasteiger partial charge in [0.2, 0.25) is 11.7 Å². The number of likely N-dealkylation sites (N-methyl/N-ethyl adjacent to an activating group) is 1. The minimum atomic E-state index is -0.909. The molecule has 0 aliphatic carbocycles. The number of amides is 2. The number of carbonyl (C=O) groups excluding carboxylic acids is 3. The van der Waals surface area contributed by atoms with Gasteiger partial charge in [-0.3, -0.25) is 14.4 Å². The third kappa shape index (κ3) is 4.05. The zero-order chi connectivity index (χ0) is 16.1. The van der Waals surface area contributed by atoms with Crippen molar-refractivity contribution >= 4 is 29.2 Å². The number of ketones is 1. The van der Waals surface area contributed by atoms with E-state index < -0.39 is 23.5 Å². The van der Waals surface area contributed by atoms with E-state index in [2.05, 4.69) is 5.32 Å². The van der Waals surface area contributed by atoms with Crippen LogP contribution < -0.4 is 5.32 Å². The fraction of sp³-hybridized carbons (Fsp3) is 0.400. The second-order valence-corrected chi connectivity index (χ2v) is 5.51. The SMILES string of the molecule is CN1CC(C(=O)NCCOCc2ccc(Cl)cc2)C(=O)C1=O. The summed E-state index contributed by atoms with van der Waals surface area (Å²) in [4.78, 5) is 36.0. The molecule has 118 valence electrons. The Bertz CT molecular complexity index is 573. The summed E-state index contributed by atoms with van der Waals surface area (Å²) in [7, 11) is 1.50. The minimum absolute atomic E-state index is 0.134. The van der Waals surface area contributed by atoms with E-state index in [9.17, 15) is 14.4 Å². The highest BCUT2D eigenvalue weighted by Gasteiger charge is 2.41. The van der Waals surface area contributed by atoms with Crippen LogP contribution in [-0.4, -0.2) is 49.2 Å². The lowest BCUT2D eigenvalue weighted by atomic mass is 10.1. The second kappa shape index (κ2) is 7.38. The topological polar surface area (TPSA) is 75.7 Å². The first-order valence-electron chi connectivity index (χ1n) is 6.88. The molecule has 0 radical (unpaired) electrons. The third-order valence-electron chi connectivity index (χ3n) is 3.37. The van der Waals surface area contributed by atoms with E-state index in [0.717, 1.165) is 5.56 Å². The number of carbonyl (C=O) groups is 3. The summed E-state index contributed by atoms with van der Waals surface area (Å²) in [6, 6.07) is 7.28. The van der Waals surface area contributed by atoms with Crippen molar-refractivity contribution in [1.82, 2.24) is 10.2 Å². The normalized spacial score (nSPS) is 17.9. The quantitative estimate of drug-likeness (QED) is 0.473. The van der Waals surface area contributed by atoms with Gasteiger partial charge in [-0.25, -0.2) is 0 Å². The van der Waals surface area contributed by atoms with Crippen molar-refractivity contribution in [3.63, 3.8) is 0 Å². The lowest BCUT2D eigenvalue weighted by molar-refractivity contribution is -0.142. The number of nitrogens with zero attached hydrogens (tertiary/aromatic N) is 1. The van der Waals surface area contributed by atoms with Crippen LogP contribution in [0.5, 0.6) is 0 Å². The van der Waals surface area contributed by atoms with Crippen LogP contribution in [0.3, 0.4) is 0 Å². The number of halogens is 1. The molecule has 0 saturated carbocycles. The van der Waals surface area contributed by atoms with E-state index in [4.69, 9.17) is 16.3 Å². The van der Waals surface area contributed by atoms with Gasteiger partial charge in [0.15, 0.2) is 0 Å². The molecule has 22 heavy (non-hydrogen) atoms. The molecular weight excluding hydrogens is 308 g/mol. The summed E-state index contributed by atoms with van der Waals surface area (Å²) in [6.07, 6.45) is 0. The third-order valence-corrected chi connectivity index (χ3v) is 3.63. The molecule has 1 unspecified atom stereocenters. The number of benzene rings is 1. The highest BCUT2D eigenvalue weighted by Crippen LogP contribution is 2.12. The average molecular weight is 325 g/mol. The monoisotopic (exact) mass is 324 g/mol. The van der Waals surface area contributed by atoms with Gasteiger partial charge in [-0.2, -0.15) is 0 Å². The number of ether oxygens (including phenoxy) is 1. The van der Waals surface area contributed by atoms with E-state index in [1.54, 1.807) is 12.1 Å². The van der Waals surface area contributed by atoms with Crippen LogP contribution >= 0.6 is 11.6 Å². The fourth-order valence-electron chi connectivity index (χ4n) is 2.12. The lowest BCUT2D eigenvalue weighted by Crippen LogP contribution is -2.37. The van der Waals surface area contributed by atoms with Crippen LogP contribution in [0.2, 0.25) is 5.02 Å².